The Morgan fingerprint density at radius 1 is 1.00 bits per heavy atom. The molecule has 0 spiro atoms. The zero-order valence-electron chi connectivity index (χ0n) is 18.2. The average Bonchev–Trinajstić information content (AvgIpc) is 3.19. The highest BCUT2D eigenvalue weighted by Crippen LogP contribution is 2.31. The minimum absolute atomic E-state index is 0.0202. The van der Waals surface area contributed by atoms with Crippen molar-refractivity contribution in [3.63, 3.8) is 0 Å². The van der Waals surface area contributed by atoms with Gasteiger partial charge in [0.05, 0.1) is 20.8 Å². The van der Waals surface area contributed by atoms with Gasteiger partial charge in [0.1, 0.15) is 0 Å². The summed E-state index contributed by atoms with van der Waals surface area (Å²) >= 11 is 1.35. The molecule has 0 radical (unpaired) electrons. The maximum absolute atomic E-state index is 13.3. The van der Waals surface area contributed by atoms with Crippen molar-refractivity contribution in [3.8, 4) is 11.3 Å². The number of thiazole rings is 1. The van der Waals surface area contributed by atoms with Crippen LogP contribution >= 0.6 is 11.3 Å². The van der Waals surface area contributed by atoms with Gasteiger partial charge in [-0.25, -0.2) is 28.1 Å². The highest BCUT2D eigenvalue weighted by Gasteiger charge is 2.21. The van der Waals surface area contributed by atoms with Gasteiger partial charge in [0.2, 0.25) is 11.9 Å². The third-order valence-electron chi connectivity index (χ3n) is 5.19. The van der Waals surface area contributed by atoms with E-state index in [2.05, 4.69) is 25.0 Å². The van der Waals surface area contributed by atoms with Gasteiger partial charge in [-0.2, -0.15) is 0 Å². The first-order chi connectivity index (χ1) is 16.3. The van der Waals surface area contributed by atoms with Gasteiger partial charge in [0.15, 0.2) is 5.13 Å². The Kier molecular flexibility index (Phi) is 5.46. The molecule has 3 aromatic carbocycles. The molecule has 8 nitrogen and oxygen atoms in total. The first-order valence-electron chi connectivity index (χ1n) is 10.3. The molecule has 0 atom stereocenters. The Labute approximate surface area is 199 Å². The van der Waals surface area contributed by atoms with Crippen LogP contribution in [0.5, 0.6) is 0 Å². The lowest BCUT2D eigenvalue weighted by atomic mass is 10.1. The Morgan fingerprint density at radius 2 is 1.82 bits per heavy atom. The average molecular weight is 490 g/mol. The summed E-state index contributed by atoms with van der Waals surface area (Å²) < 4.78 is 30.0. The number of aromatic nitrogens is 3. The molecule has 2 N–H and O–H groups in total. The number of sulfonamides is 1. The summed E-state index contributed by atoms with van der Waals surface area (Å²) in [6.07, 6.45) is 1.51. The van der Waals surface area contributed by atoms with Crippen LogP contribution in [-0.4, -0.2) is 29.3 Å². The highest BCUT2D eigenvalue weighted by molar-refractivity contribution is 7.93. The van der Waals surface area contributed by atoms with Crippen molar-refractivity contribution in [3.05, 3.63) is 72.4 Å². The van der Waals surface area contributed by atoms with Crippen LogP contribution in [-0.2, 0) is 14.8 Å². The molecule has 34 heavy (non-hydrogen) atoms. The van der Waals surface area contributed by atoms with Crippen molar-refractivity contribution < 1.29 is 13.2 Å². The summed E-state index contributed by atoms with van der Waals surface area (Å²) in [5, 5.41) is 4.67. The van der Waals surface area contributed by atoms with Gasteiger partial charge in [-0.3, -0.25) is 4.79 Å². The predicted octanol–water partition coefficient (Wildman–Crippen LogP) is 4.97. The van der Waals surface area contributed by atoms with Crippen LogP contribution in [0.1, 0.15) is 12.5 Å². The maximum Gasteiger partial charge on any atom is 0.265 e. The smallest absolute Gasteiger partial charge is 0.265 e. The fraction of sp³-hybridized carbons (Fsp3) is 0.0833. The third kappa shape index (κ3) is 4.20. The molecule has 0 fully saturated rings. The predicted molar refractivity (Wildman–Crippen MR) is 134 cm³/mol. The molecule has 5 rings (SSSR count). The zero-order chi connectivity index (χ0) is 23.9. The molecule has 0 aliphatic rings. The molecule has 2 aromatic heterocycles. The second-order valence-corrected chi connectivity index (χ2v) is 10.3. The molecule has 0 aliphatic carbocycles. The standard InChI is InChI=1S/C24H19N5O3S2/c1-14-7-8-16-5-3-4-6-18(16)22(14)34(31,32)29-23-25-12-11-19(27-23)17-9-10-20-21(13-17)33-24(28-20)26-15(2)30/h3-13H,1-2H3,(H,25,27,29)(H,26,28,30). The van der Waals surface area contributed by atoms with Crippen molar-refractivity contribution in [2.24, 2.45) is 0 Å². The van der Waals surface area contributed by atoms with Gasteiger partial charge in [0.25, 0.3) is 10.0 Å². The number of nitrogens with one attached hydrogen (secondary N) is 2. The third-order valence-corrected chi connectivity index (χ3v) is 7.66. The molecule has 170 valence electrons. The number of aryl methyl sites for hydroxylation is 1. The molecular weight excluding hydrogens is 470 g/mol. The number of carbonyl (C=O) groups is 1. The number of anilines is 2. The van der Waals surface area contributed by atoms with Crippen molar-refractivity contribution in [2.75, 3.05) is 10.0 Å². The number of nitrogens with zero attached hydrogens (tertiary/aromatic N) is 3. The van der Waals surface area contributed by atoms with Crippen LogP contribution in [0.25, 0.3) is 32.2 Å². The van der Waals surface area contributed by atoms with Crippen molar-refractivity contribution >= 4 is 59.3 Å². The molecule has 1 amide bonds. The normalized spacial score (nSPS) is 11.6. The molecule has 5 aromatic rings. The molecule has 0 aliphatic heterocycles. The summed E-state index contributed by atoms with van der Waals surface area (Å²) in [5.74, 6) is -0.207. The zero-order valence-corrected chi connectivity index (χ0v) is 19.9. The van der Waals surface area contributed by atoms with Crippen molar-refractivity contribution in [2.45, 2.75) is 18.7 Å². The van der Waals surface area contributed by atoms with Gasteiger partial charge in [-0.05, 0) is 36.1 Å². The largest absolute Gasteiger partial charge is 0.302 e. The summed E-state index contributed by atoms with van der Waals surface area (Å²) in [7, 11) is -3.94. The first-order valence-corrected chi connectivity index (χ1v) is 12.6. The second-order valence-electron chi connectivity index (χ2n) is 7.69. The lowest BCUT2D eigenvalue weighted by Crippen LogP contribution is -2.16. The number of hydrogen-bond donors (Lipinski definition) is 2. The van der Waals surface area contributed by atoms with E-state index in [4.69, 9.17) is 0 Å². The van der Waals surface area contributed by atoms with Gasteiger partial charge in [-0.15, -0.1) is 0 Å². The van der Waals surface area contributed by atoms with Crippen LogP contribution in [0.2, 0.25) is 0 Å². The molecule has 0 bridgehead atoms. The summed E-state index contributed by atoms with van der Waals surface area (Å²) in [6, 6.07) is 18.3. The topological polar surface area (TPSA) is 114 Å². The first kappa shape index (κ1) is 21.9. The van der Waals surface area contributed by atoms with Crippen LogP contribution in [0.3, 0.4) is 0 Å². The van der Waals surface area contributed by atoms with E-state index in [0.717, 1.165) is 21.2 Å². The van der Waals surface area contributed by atoms with Gasteiger partial charge < -0.3 is 5.32 Å². The fourth-order valence-electron chi connectivity index (χ4n) is 3.74. The van der Waals surface area contributed by atoms with E-state index in [0.29, 0.717) is 21.8 Å². The van der Waals surface area contributed by atoms with E-state index in [1.807, 2.05) is 42.5 Å². The molecule has 0 unspecified atom stereocenters. The summed E-state index contributed by atoms with van der Waals surface area (Å²) in [6.45, 7) is 3.19. The van der Waals surface area contributed by atoms with Crippen molar-refractivity contribution in [1.29, 1.82) is 0 Å². The van der Waals surface area contributed by atoms with Crippen molar-refractivity contribution in [1.82, 2.24) is 15.0 Å². The van der Waals surface area contributed by atoms with E-state index in [1.165, 1.54) is 24.5 Å². The Morgan fingerprint density at radius 3 is 2.65 bits per heavy atom. The summed E-state index contributed by atoms with van der Waals surface area (Å²) in [5.41, 5.74) is 2.71. The van der Waals surface area contributed by atoms with E-state index in [1.54, 1.807) is 25.1 Å². The number of hydrogen-bond acceptors (Lipinski definition) is 7. The van der Waals surface area contributed by atoms with Crippen LogP contribution in [0, 0.1) is 6.92 Å². The second kappa shape index (κ2) is 8.47. The number of benzene rings is 3. The van der Waals surface area contributed by atoms with E-state index >= 15 is 0 Å². The molecule has 0 saturated carbocycles. The number of amides is 1. The molecular formula is C24H19N5O3S2. The maximum atomic E-state index is 13.3. The Hall–Kier alpha value is -3.89. The molecule has 10 heteroatoms. The Bertz CT molecular complexity index is 1680. The van der Waals surface area contributed by atoms with Crippen LogP contribution < -0.4 is 10.0 Å². The SMILES string of the molecule is CC(=O)Nc1nc2ccc(-c3ccnc(NS(=O)(=O)c4c(C)ccc5ccccc45)n3)cc2s1. The van der Waals surface area contributed by atoms with Gasteiger partial charge in [0, 0.05) is 24.1 Å². The van der Waals surface area contributed by atoms with E-state index in [9.17, 15) is 13.2 Å². The van der Waals surface area contributed by atoms with Gasteiger partial charge in [-0.1, -0.05) is 53.8 Å². The number of fused-ring (bicyclic) bond motifs is 2. The monoisotopic (exact) mass is 489 g/mol. The highest BCUT2D eigenvalue weighted by atomic mass is 32.2. The lowest BCUT2D eigenvalue weighted by Gasteiger charge is -2.12. The number of rotatable bonds is 5. The van der Waals surface area contributed by atoms with E-state index in [-0.39, 0.29) is 16.8 Å². The lowest BCUT2D eigenvalue weighted by molar-refractivity contribution is -0.114. The quantitative estimate of drug-likeness (QED) is 0.360. The van der Waals surface area contributed by atoms with Gasteiger partial charge >= 0.3 is 0 Å². The fourth-order valence-corrected chi connectivity index (χ4v) is 6.10. The van der Waals surface area contributed by atoms with Crippen LogP contribution in [0.15, 0.2) is 71.8 Å². The molecule has 2 heterocycles. The molecule has 0 saturated heterocycles. The van der Waals surface area contributed by atoms with Crippen LogP contribution in [0.4, 0.5) is 11.1 Å². The number of carbonyl (C=O) groups excluding carboxylic acids is 1. The minimum Gasteiger partial charge on any atom is -0.302 e. The minimum atomic E-state index is -3.94. The summed E-state index contributed by atoms with van der Waals surface area (Å²) in [4.78, 5) is 24.5. The Balaban J connectivity index is 1.49. The van der Waals surface area contributed by atoms with E-state index < -0.39 is 10.0 Å².